The first-order valence-corrected chi connectivity index (χ1v) is 6.10. The second kappa shape index (κ2) is 4.43. The monoisotopic (exact) mass is 210 g/mol. The molecule has 0 aliphatic carbocycles. The van der Waals surface area contributed by atoms with Crippen LogP contribution in [-0.4, -0.2) is 19.6 Å². The molecule has 0 amide bonds. The Labute approximate surface area is 89.7 Å². The topological polar surface area (TPSA) is 24.1 Å². The zero-order valence-electron chi connectivity index (χ0n) is 8.68. The van der Waals surface area contributed by atoms with Gasteiger partial charge in [-0.15, -0.1) is 11.3 Å². The molecule has 1 aliphatic rings. The van der Waals surface area contributed by atoms with Crippen LogP contribution in [0.15, 0.2) is 17.5 Å². The highest BCUT2D eigenvalue weighted by Crippen LogP contribution is 2.23. The van der Waals surface area contributed by atoms with Crippen molar-refractivity contribution < 1.29 is 0 Å². The molecule has 0 aromatic carbocycles. The summed E-state index contributed by atoms with van der Waals surface area (Å²) in [5.74, 6) is 0. The van der Waals surface area contributed by atoms with Gasteiger partial charge >= 0.3 is 0 Å². The maximum Gasteiger partial charge on any atom is 0.0299 e. The second-order valence-corrected chi connectivity index (χ2v) is 5.45. The van der Waals surface area contributed by atoms with Crippen LogP contribution in [-0.2, 0) is 6.54 Å². The van der Waals surface area contributed by atoms with Crippen molar-refractivity contribution in [2.24, 2.45) is 5.41 Å². The molecule has 1 atom stereocenters. The molecule has 1 aromatic heterocycles. The summed E-state index contributed by atoms with van der Waals surface area (Å²) in [7, 11) is 0. The van der Waals surface area contributed by atoms with E-state index in [0.717, 1.165) is 19.6 Å². The number of hydrogen-bond acceptors (Lipinski definition) is 3. The molecule has 2 N–H and O–H groups in total. The molecular weight excluding hydrogens is 192 g/mol. The van der Waals surface area contributed by atoms with Gasteiger partial charge in [0.05, 0.1) is 0 Å². The Hall–Kier alpha value is -0.380. The summed E-state index contributed by atoms with van der Waals surface area (Å²) < 4.78 is 0. The average Bonchev–Trinajstić information content (AvgIpc) is 2.77. The fourth-order valence-corrected chi connectivity index (χ4v) is 2.59. The summed E-state index contributed by atoms with van der Waals surface area (Å²) in [5, 5.41) is 9.09. The first-order chi connectivity index (χ1) is 6.79. The van der Waals surface area contributed by atoms with Gasteiger partial charge in [0.25, 0.3) is 0 Å². The standard InChI is InChI=1S/C11H18N2S/c1-11(4-5-12-8-11)9-13-7-10-3-2-6-14-10/h2-3,6,12-13H,4-5,7-9H2,1H3. The van der Waals surface area contributed by atoms with Gasteiger partial charge in [-0.05, 0) is 29.8 Å². The van der Waals surface area contributed by atoms with Crippen molar-refractivity contribution in [3.8, 4) is 0 Å². The third-order valence-electron chi connectivity index (χ3n) is 2.89. The molecule has 1 saturated heterocycles. The summed E-state index contributed by atoms with van der Waals surface area (Å²) >= 11 is 1.83. The molecule has 0 radical (unpaired) electrons. The van der Waals surface area contributed by atoms with Crippen LogP contribution < -0.4 is 10.6 Å². The molecule has 0 saturated carbocycles. The van der Waals surface area contributed by atoms with E-state index in [1.54, 1.807) is 0 Å². The molecule has 1 aromatic rings. The van der Waals surface area contributed by atoms with E-state index in [9.17, 15) is 0 Å². The number of rotatable bonds is 4. The minimum atomic E-state index is 0.470. The molecule has 0 spiro atoms. The Morgan fingerprint density at radius 2 is 2.57 bits per heavy atom. The van der Waals surface area contributed by atoms with Crippen LogP contribution in [0.4, 0.5) is 0 Å². The third-order valence-corrected chi connectivity index (χ3v) is 3.76. The van der Waals surface area contributed by atoms with E-state index in [4.69, 9.17) is 0 Å². The van der Waals surface area contributed by atoms with E-state index in [2.05, 4.69) is 35.1 Å². The summed E-state index contributed by atoms with van der Waals surface area (Å²) in [6.45, 7) is 6.83. The van der Waals surface area contributed by atoms with Gasteiger partial charge in [-0.1, -0.05) is 13.0 Å². The van der Waals surface area contributed by atoms with E-state index >= 15 is 0 Å². The zero-order valence-corrected chi connectivity index (χ0v) is 9.49. The SMILES string of the molecule is CC1(CNCc2cccs2)CCNC1. The van der Waals surface area contributed by atoms with Gasteiger partial charge in [-0.3, -0.25) is 0 Å². The highest BCUT2D eigenvalue weighted by Gasteiger charge is 2.27. The van der Waals surface area contributed by atoms with Crippen LogP contribution in [0.25, 0.3) is 0 Å². The summed E-state index contributed by atoms with van der Waals surface area (Å²) in [4.78, 5) is 1.43. The van der Waals surface area contributed by atoms with Gasteiger partial charge in [0.2, 0.25) is 0 Å². The number of nitrogens with one attached hydrogen (secondary N) is 2. The fourth-order valence-electron chi connectivity index (χ4n) is 1.92. The van der Waals surface area contributed by atoms with Gasteiger partial charge in [-0.25, -0.2) is 0 Å². The Kier molecular flexibility index (Phi) is 3.21. The highest BCUT2D eigenvalue weighted by molar-refractivity contribution is 7.09. The van der Waals surface area contributed by atoms with Gasteiger partial charge in [0.1, 0.15) is 0 Å². The highest BCUT2D eigenvalue weighted by atomic mass is 32.1. The van der Waals surface area contributed by atoms with Crippen LogP contribution in [0, 0.1) is 5.41 Å². The molecule has 2 rings (SSSR count). The molecule has 0 bridgehead atoms. The average molecular weight is 210 g/mol. The number of hydrogen-bond donors (Lipinski definition) is 2. The lowest BCUT2D eigenvalue weighted by molar-refractivity contribution is 0.340. The van der Waals surface area contributed by atoms with E-state index in [0.29, 0.717) is 5.41 Å². The van der Waals surface area contributed by atoms with Crippen molar-refractivity contribution >= 4 is 11.3 Å². The quantitative estimate of drug-likeness (QED) is 0.792. The van der Waals surface area contributed by atoms with Gasteiger partial charge in [0, 0.05) is 24.5 Å². The van der Waals surface area contributed by atoms with Gasteiger partial charge in [0.15, 0.2) is 0 Å². The van der Waals surface area contributed by atoms with Crippen molar-refractivity contribution in [1.29, 1.82) is 0 Å². The normalized spacial score (nSPS) is 26.9. The number of thiophene rings is 1. The maximum atomic E-state index is 3.54. The Morgan fingerprint density at radius 3 is 3.21 bits per heavy atom. The molecule has 1 fully saturated rings. The largest absolute Gasteiger partial charge is 0.316 e. The lowest BCUT2D eigenvalue weighted by Gasteiger charge is -2.22. The second-order valence-electron chi connectivity index (χ2n) is 4.42. The fraction of sp³-hybridized carbons (Fsp3) is 0.636. The van der Waals surface area contributed by atoms with Crippen molar-refractivity contribution in [3.05, 3.63) is 22.4 Å². The van der Waals surface area contributed by atoms with Crippen molar-refractivity contribution in [2.75, 3.05) is 19.6 Å². The van der Waals surface area contributed by atoms with Crippen LogP contribution in [0.3, 0.4) is 0 Å². The Morgan fingerprint density at radius 1 is 1.64 bits per heavy atom. The van der Waals surface area contributed by atoms with Crippen LogP contribution in [0.5, 0.6) is 0 Å². The van der Waals surface area contributed by atoms with Crippen LogP contribution in [0.2, 0.25) is 0 Å². The van der Waals surface area contributed by atoms with E-state index in [1.807, 2.05) is 11.3 Å². The lowest BCUT2D eigenvalue weighted by Crippen LogP contribution is -2.33. The molecule has 14 heavy (non-hydrogen) atoms. The zero-order chi connectivity index (χ0) is 9.86. The smallest absolute Gasteiger partial charge is 0.0299 e. The molecule has 3 heteroatoms. The predicted molar refractivity (Wildman–Crippen MR) is 61.6 cm³/mol. The third kappa shape index (κ3) is 2.56. The lowest BCUT2D eigenvalue weighted by atomic mass is 9.90. The molecule has 78 valence electrons. The summed E-state index contributed by atoms with van der Waals surface area (Å²) in [6, 6.07) is 4.30. The Balaban J connectivity index is 1.72. The molecule has 2 heterocycles. The van der Waals surface area contributed by atoms with Crippen molar-refractivity contribution in [3.63, 3.8) is 0 Å². The van der Waals surface area contributed by atoms with Crippen LogP contribution >= 0.6 is 11.3 Å². The van der Waals surface area contributed by atoms with Gasteiger partial charge < -0.3 is 10.6 Å². The first kappa shape index (κ1) is 10.1. The van der Waals surface area contributed by atoms with Crippen molar-refractivity contribution in [2.45, 2.75) is 19.9 Å². The maximum absolute atomic E-state index is 3.54. The first-order valence-electron chi connectivity index (χ1n) is 5.22. The molecule has 1 aliphatic heterocycles. The minimum absolute atomic E-state index is 0.470. The van der Waals surface area contributed by atoms with E-state index < -0.39 is 0 Å². The van der Waals surface area contributed by atoms with E-state index in [-0.39, 0.29) is 0 Å². The van der Waals surface area contributed by atoms with Crippen LogP contribution in [0.1, 0.15) is 18.2 Å². The Bertz CT molecular complexity index is 263. The summed E-state index contributed by atoms with van der Waals surface area (Å²) in [5.41, 5.74) is 0.470. The minimum Gasteiger partial charge on any atom is -0.316 e. The summed E-state index contributed by atoms with van der Waals surface area (Å²) in [6.07, 6.45) is 1.30. The molecule has 1 unspecified atom stereocenters. The molecular formula is C11H18N2S. The van der Waals surface area contributed by atoms with Gasteiger partial charge in [-0.2, -0.15) is 0 Å². The van der Waals surface area contributed by atoms with E-state index in [1.165, 1.54) is 17.8 Å². The molecule has 2 nitrogen and oxygen atoms in total. The van der Waals surface area contributed by atoms with Crippen molar-refractivity contribution in [1.82, 2.24) is 10.6 Å². The predicted octanol–water partition coefficient (Wildman–Crippen LogP) is 1.84.